The molecule has 0 saturated heterocycles. The topological polar surface area (TPSA) is 55.1 Å². The number of hydrogen-bond acceptors (Lipinski definition) is 2. The molecule has 0 bridgehead atoms. The molecule has 21 heavy (non-hydrogen) atoms. The van der Waals surface area contributed by atoms with Gasteiger partial charge in [0.05, 0.1) is 0 Å². The number of carbonyl (C=O) groups excluding carboxylic acids is 1. The van der Waals surface area contributed by atoms with Crippen LogP contribution >= 0.6 is 35.4 Å². The second-order valence-corrected chi connectivity index (χ2v) is 5.72. The maximum absolute atomic E-state index is 12.3. The molecule has 0 aliphatic carbocycles. The van der Waals surface area contributed by atoms with Crippen LogP contribution in [-0.4, -0.2) is 10.9 Å². The lowest BCUT2D eigenvalue weighted by Gasteiger charge is -2.18. The number of hydrogen-bond donors (Lipinski definition) is 2. The van der Waals surface area contributed by atoms with E-state index in [0.717, 1.165) is 5.56 Å². The van der Waals surface area contributed by atoms with Crippen LogP contribution in [0.1, 0.15) is 22.0 Å². The second kappa shape index (κ2) is 6.89. The summed E-state index contributed by atoms with van der Waals surface area (Å²) in [4.78, 5) is 12.5. The smallest absolute Gasteiger partial charge is 0.252 e. The highest BCUT2D eigenvalue weighted by Crippen LogP contribution is 2.20. The number of carbonyl (C=O) groups is 1. The van der Waals surface area contributed by atoms with Gasteiger partial charge in [-0.25, -0.2) is 0 Å². The van der Waals surface area contributed by atoms with Crippen molar-refractivity contribution in [1.82, 2.24) is 5.32 Å². The largest absolute Gasteiger partial charge is 0.391 e. The molecule has 1 unspecified atom stereocenters. The van der Waals surface area contributed by atoms with E-state index in [1.54, 1.807) is 6.07 Å². The molecule has 0 radical (unpaired) electrons. The van der Waals surface area contributed by atoms with Gasteiger partial charge in [0, 0.05) is 15.6 Å². The fraction of sp³-hybridized carbons (Fsp3) is 0.0667. The maximum Gasteiger partial charge on any atom is 0.252 e. The lowest BCUT2D eigenvalue weighted by molar-refractivity contribution is 0.0947. The first-order valence-corrected chi connectivity index (χ1v) is 7.25. The normalized spacial score (nSPS) is 11.7. The number of nitrogens with two attached hydrogens (primary N) is 1. The third-order valence-electron chi connectivity index (χ3n) is 2.82. The standard InChI is InChI=1S/C15H12Cl2N2OS/c16-11-6-10(7-12(17)8-11)15(20)19-13(14(18)21)9-4-2-1-3-5-9/h1-8,13H,(H2,18,21)(H,19,20). The van der Waals surface area contributed by atoms with Crippen LogP contribution in [0.3, 0.4) is 0 Å². The minimum atomic E-state index is -0.550. The van der Waals surface area contributed by atoms with Crippen molar-refractivity contribution < 1.29 is 4.79 Å². The molecule has 3 N–H and O–H groups in total. The predicted molar refractivity (Wildman–Crippen MR) is 89.9 cm³/mol. The highest BCUT2D eigenvalue weighted by atomic mass is 35.5. The third kappa shape index (κ3) is 4.17. The van der Waals surface area contributed by atoms with Crippen LogP contribution in [0.5, 0.6) is 0 Å². The van der Waals surface area contributed by atoms with Gasteiger partial charge in [-0.05, 0) is 23.8 Å². The summed E-state index contributed by atoms with van der Waals surface area (Å²) < 4.78 is 0. The molecule has 0 aromatic heterocycles. The van der Waals surface area contributed by atoms with E-state index >= 15 is 0 Å². The summed E-state index contributed by atoms with van der Waals surface area (Å²) in [6.45, 7) is 0. The van der Waals surface area contributed by atoms with Gasteiger partial charge in [-0.2, -0.15) is 0 Å². The quantitative estimate of drug-likeness (QED) is 0.834. The Morgan fingerprint density at radius 1 is 1.10 bits per heavy atom. The summed E-state index contributed by atoms with van der Waals surface area (Å²) in [5.74, 6) is -0.346. The van der Waals surface area contributed by atoms with E-state index in [1.165, 1.54) is 12.1 Å². The van der Waals surface area contributed by atoms with Crippen LogP contribution in [0.2, 0.25) is 10.0 Å². The maximum atomic E-state index is 12.3. The van der Waals surface area contributed by atoms with Crippen LogP contribution in [0.4, 0.5) is 0 Å². The Kier molecular flexibility index (Phi) is 5.17. The van der Waals surface area contributed by atoms with Crippen molar-refractivity contribution in [2.24, 2.45) is 5.73 Å². The van der Waals surface area contributed by atoms with Crippen molar-refractivity contribution in [2.75, 3.05) is 0 Å². The van der Waals surface area contributed by atoms with Gasteiger partial charge in [0.25, 0.3) is 5.91 Å². The van der Waals surface area contributed by atoms with Crippen LogP contribution in [0, 0.1) is 0 Å². The number of benzene rings is 2. The van der Waals surface area contributed by atoms with E-state index in [-0.39, 0.29) is 10.9 Å². The first-order valence-electron chi connectivity index (χ1n) is 6.08. The highest BCUT2D eigenvalue weighted by molar-refractivity contribution is 7.80. The number of nitrogens with one attached hydrogen (secondary N) is 1. The van der Waals surface area contributed by atoms with Crippen LogP contribution in [0.15, 0.2) is 48.5 Å². The van der Waals surface area contributed by atoms with Gasteiger partial charge in [0.1, 0.15) is 11.0 Å². The molecule has 0 heterocycles. The molecular formula is C15H12Cl2N2OS. The van der Waals surface area contributed by atoms with Crippen molar-refractivity contribution in [3.8, 4) is 0 Å². The lowest BCUT2D eigenvalue weighted by atomic mass is 10.1. The van der Waals surface area contributed by atoms with Gasteiger partial charge in [-0.1, -0.05) is 65.8 Å². The van der Waals surface area contributed by atoms with Crippen molar-refractivity contribution >= 4 is 46.3 Å². The Morgan fingerprint density at radius 2 is 1.67 bits per heavy atom. The van der Waals surface area contributed by atoms with Gasteiger partial charge in [-0.3, -0.25) is 4.79 Å². The Bertz CT molecular complexity index is 656. The molecule has 0 spiro atoms. The van der Waals surface area contributed by atoms with Crippen molar-refractivity contribution in [3.05, 3.63) is 69.7 Å². The Labute approximate surface area is 138 Å². The molecule has 1 amide bonds. The van der Waals surface area contributed by atoms with Gasteiger partial charge in [-0.15, -0.1) is 0 Å². The molecule has 6 heteroatoms. The number of amides is 1. The predicted octanol–water partition coefficient (Wildman–Crippen LogP) is 3.75. The number of halogens is 2. The van der Waals surface area contributed by atoms with E-state index in [9.17, 15) is 4.79 Å². The molecule has 108 valence electrons. The van der Waals surface area contributed by atoms with Gasteiger partial charge in [0.15, 0.2) is 0 Å². The summed E-state index contributed by atoms with van der Waals surface area (Å²) >= 11 is 16.8. The van der Waals surface area contributed by atoms with Gasteiger partial charge >= 0.3 is 0 Å². The second-order valence-electron chi connectivity index (χ2n) is 4.38. The zero-order chi connectivity index (χ0) is 15.4. The van der Waals surface area contributed by atoms with Crippen molar-refractivity contribution in [3.63, 3.8) is 0 Å². The summed E-state index contributed by atoms with van der Waals surface area (Å²) in [6, 6.07) is 13.3. The molecule has 2 rings (SSSR count). The zero-order valence-electron chi connectivity index (χ0n) is 10.8. The first kappa shape index (κ1) is 15.8. The minimum Gasteiger partial charge on any atom is -0.391 e. The van der Waals surface area contributed by atoms with E-state index in [0.29, 0.717) is 15.6 Å². The van der Waals surface area contributed by atoms with Crippen molar-refractivity contribution in [2.45, 2.75) is 6.04 Å². The monoisotopic (exact) mass is 338 g/mol. The highest BCUT2D eigenvalue weighted by Gasteiger charge is 2.18. The van der Waals surface area contributed by atoms with Gasteiger partial charge in [0.2, 0.25) is 0 Å². The van der Waals surface area contributed by atoms with Crippen LogP contribution in [0.25, 0.3) is 0 Å². The third-order valence-corrected chi connectivity index (χ3v) is 3.49. The fourth-order valence-electron chi connectivity index (χ4n) is 1.86. The Balaban J connectivity index is 2.25. The molecule has 0 saturated carbocycles. The number of thiocarbonyl (C=S) groups is 1. The molecule has 1 atom stereocenters. The lowest BCUT2D eigenvalue weighted by Crippen LogP contribution is -2.36. The number of rotatable bonds is 4. The summed E-state index contributed by atoms with van der Waals surface area (Å²) in [6.07, 6.45) is 0. The zero-order valence-corrected chi connectivity index (χ0v) is 13.2. The average Bonchev–Trinajstić information content (AvgIpc) is 2.44. The summed E-state index contributed by atoms with van der Waals surface area (Å²) in [5, 5.41) is 3.56. The van der Waals surface area contributed by atoms with E-state index in [1.807, 2.05) is 30.3 Å². The average molecular weight is 339 g/mol. The minimum absolute atomic E-state index is 0.183. The molecule has 3 nitrogen and oxygen atoms in total. The van der Waals surface area contributed by atoms with Crippen LogP contribution < -0.4 is 11.1 Å². The molecular weight excluding hydrogens is 327 g/mol. The van der Waals surface area contributed by atoms with E-state index in [2.05, 4.69) is 5.32 Å². The fourth-order valence-corrected chi connectivity index (χ4v) is 2.58. The van der Waals surface area contributed by atoms with Crippen LogP contribution in [-0.2, 0) is 0 Å². The molecule has 0 aliphatic rings. The van der Waals surface area contributed by atoms with E-state index in [4.69, 9.17) is 41.2 Å². The molecule has 2 aromatic carbocycles. The van der Waals surface area contributed by atoms with Crippen molar-refractivity contribution in [1.29, 1.82) is 0 Å². The SMILES string of the molecule is NC(=S)C(NC(=O)c1cc(Cl)cc(Cl)c1)c1ccccc1. The molecule has 2 aromatic rings. The Morgan fingerprint density at radius 3 is 2.19 bits per heavy atom. The Hall–Kier alpha value is -1.62. The molecule has 0 aliphatic heterocycles. The molecule has 0 fully saturated rings. The summed E-state index contributed by atoms with van der Waals surface area (Å²) in [5.41, 5.74) is 6.88. The first-order chi connectivity index (χ1) is 9.97. The van der Waals surface area contributed by atoms with Gasteiger partial charge < -0.3 is 11.1 Å². The van der Waals surface area contributed by atoms with E-state index < -0.39 is 6.04 Å². The summed E-state index contributed by atoms with van der Waals surface area (Å²) in [7, 11) is 0.